The molecular formula is C9H18N4O. The first-order valence-corrected chi connectivity index (χ1v) is 4.81. The molecule has 0 spiro atoms. The Balaban J connectivity index is 2.86. The van der Waals surface area contributed by atoms with Crippen LogP contribution in [-0.4, -0.2) is 32.0 Å². The molecule has 0 saturated heterocycles. The number of hydrogen-bond acceptors (Lipinski definition) is 4. The predicted molar refractivity (Wildman–Crippen MR) is 53.8 cm³/mol. The molecule has 14 heavy (non-hydrogen) atoms. The van der Waals surface area contributed by atoms with Crippen molar-refractivity contribution in [2.75, 3.05) is 6.54 Å². The van der Waals surface area contributed by atoms with Gasteiger partial charge >= 0.3 is 0 Å². The van der Waals surface area contributed by atoms with Crippen LogP contribution in [0.4, 0.5) is 0 Å². The monoisotopic (exact) mass is 198 g/mol. The van der Waals surface area contributed by atoms with Crippen LogP contribution in [0.25, 0.3) is 0 Å². The molecule has 1 heterocycles. The van der Waals surface area contributed by atoms with Crippen LogP contribution in [-0.2, 0) is 13.0 Å². The number of nitrogens with two attached hydrogens (primary N) is 1. The third-order valence-corrected chi connectivity index (χ3v) is 2.31. The smallest absolute Gasteiger partial charge is 0.135 e. The quantitative estimate of drug-likeness (QED) is 0.706. The molecule has 0 aliphatic carbocycles. The molecule has 1 aromatic heterocycles. The third kappa shape index (κ3) is 2.30. The van der Waals surface area contributed by atoms with Gasteiger partial charge in [-0.2, -0.15) is 0 Å². The largest absolute Gasteiger partial charge is 0.388 e. The fraction of sp³-hybridized carbons (Fsp3) is 0.778. The maximum Gasteiger partial charge on any atom is 0.135 e. The highest BCUT2D eigenvalue weighted by atomic mass is 16.3. The lowest BCUT2D eigenvalue weighted by Crippen LogP contribution is -2.37. The van der Waals surface area contributed by atoms with Crippen molar-refractivity contribution in [1.29, 1.82) is 0 Å². The van der Waals surface area contributed by atoms with E-state index in [2.05, 4.69) is 10.2 Å². The van der Waals surface area contributed by atoms with E-state index in [1.807, 2.05) is 18.4 Å². The summed E-state index contributed by atoms with van der Waals surface area (Å²) in [5.41, 5.74) is 4.55. The highest BCUT2D eigenvalue weighted by Crippen LogP contribution is 2.11. The Morgan fingerprint density at radius 1 is 1.50 bits per heavy atom. The fourth-order valence-electron chi connectivity index (χ4n) is 1.38. The van der Waals surface area contributed by atoms with Crippen molar-refractivity contribution >= 4 is 0 Å². The molecule has 5 nitrogen and oxygen atoms in total. The summed E-state index contributed by atoms with van der Waals surface area (Å²) in [5, 5.41) is 17.8. The first kappa shape index (κ1) is 11.1. The van der Waals surface area contributed by atoms with Gasteiger partial charge in [0.25, 0.3) is 0 Å². The molecule has 0 radical (unpaired) electrons. The Bertz CT molecular complexity index is 306. The third-order valence-electron chi connectivity index (χ3n) is 2.31. The maximum atomic E-state index is 9.80. The molecular weight excluding hydrogens is 180 g/mol. The average Bonchev–Trinajstić information content (AvgIpc) is 2.46. The van der Waals surface area contributed by atoms with Gasteiger partial charge in [-0.25, -0.2) is 0 Å². The van der Waals surface area contributed by atoms with Crippen LogP contribution in [0.15, 0.2) is 0 Å². The average molecular weight is 198 g/mol. The van der Waals surface area contributed by atoms with E-state index in [0.29, 0.717) is 6.42 Å². The van der Waals surface area contributed by atoms with E-state index in [-0.39, 0.29) is 6.54 Å². The molecule has 80 valence electrons. The number of rotatable bonds is 4. The van der Waals surface area contributed by atoms with Gasteiger partial charge in [-0.1, -0.05) is 0 Å². The molecule has 1 atom stereocenters. The molecule has 1 aromatic rings. The Labute approximate surface area is 83.9 Å². The molecule has 0 bridgehead atoms. The van der Waals surface area contributed by atoms with Gasteiger partial charge in [0.1, 0.15) is 11.6 Å². The van der Waals surface area contributed by atoms with Crippen molar-refractivity contribution in [3.63, 3.8) is 0 Å². The van der Waals surface area contributed by atoms with Crippen LogP contribution >= 0.6 is 0 Å². The second-order valence-electron chi connectivity index (χ2n) is 3.79. The normalized spacial score (nSPS) is 15.5. The van der Waals surface area contributed by atoms with Gasteiger partial charge in [0.15, 0.2) is 0 Å². The number of aryl methyl sites for hydroxylation is 1. The highest BCUT2D eigenvalue weighted by molar-refractivity contribution is 4.98. The summed E-state index contributed by atoms with van der Waals surface area (Å²) < 4.78 is 1.98. The van der Waals surface area contributed by atoms with Gasteiger partial charge in [-0.05, 0) is 20.8 Å². The first-order chi connectivity index (χ1) is 6.50. The van der Waals surface area contributed by atoms with Crippen LogP contribution in [0.2, 0.25) is 0 Å². The Morgan fingerprint density at radius 2 is 2.14 bits per heavy atom. The predicted octanol–water partition coefficient (Wildman–Crippen LogP) is -0.141. The van der Waals surface area contributed by atoms with Crippen LogP contribution in [0, 0.1) is 6.92 Å². The SMILES string of the molecule is CCn1c(C)nnc1CC(C)(O)CN. The topological polar surface area (TPSA) is 77.0 Å². The lowest BCUT2D eigenvalue weighted by atomic mass is 10.0. The van der Waals surface area contributed by atoms with Crippen molar-refractivity contribution in [1.82, 2.24) is 14.8 Å². The van der Waals surface area contributed by atoms with E-state index < -0.39 is 5.60 Å². The number of aliphatic hydroxyl groups is 1. The maximum absolute atomic E-state index is 9.80. The summed E-state index contributed by atoms with van der Waals surface area (Å²) in [4.78, 5) is 0. The molecule has 5 heteroatoms. The molecule has 0 saturated carbocycles. The lowest BCUT2D eigenvalue weighted by Gasteiger charge is -2.20. The summed E-state index contributed by atoms with van der Waals surface area (Å²) in [6, 6.07) is 0. The summed E-state index contributed by atoms with van der Waals surface area (Å²) in [6.45, 7) is 6.67. The van der Waals surface area contributed by atoms with Gasteiger partial charge in [0, 0.05) is 19.5 Å². The standard InChI is InChI=1S/C9H18N4O/c1-4-13-7(2)11-12-8(13)5-9(3,14)6-10/h14H,4-6,10H2,1-3H3. The number of nitrogens with zero attached hydrogens (tertiary/aromatic N) is 3. The molecule has 0 aromatic carbocycles. The highest BCUT2D eigenvalue weighted by Gasteiger charge is 2.22. The fourth-order valence-corrected chi connectivity index (χ4v) is 1.38. The minimum Gasteiger partial charge on any atom is -0.388 e. The summed E-state index contributed by atoms with van der Waals surface area (Å²) in [5.74, 6) is 1.66. The van der Waals surface area contributed by atoms with Crippen LogP contribution in [0.3, 0.4) is 0 Å². The van der Waals surface area contributed by atoms with Crippen LogP contribution < -0.4 is 5.73 Å². The van der Waals surface area contributed by atoms with E-state index in [1.165, 1.54) is 0 Å². The van der Waals surface area contributed by atoms with Crippen LogP contribution in [0.5, 0.6) is 0 Å². The number of hydrogen-bond donors (Lipinski definition) is 2. The Kier molecular flexibility index (Phi) is 3.23. The van der Waals surface area contributed by atoms with Crippen LogP contribution in [0.1, 0.15) is 25.5 Å². The molecule has 1 unspecified atom stereocenters. The summed E-state index contributed by atoms with van der Waals surface area (Å²) in [7, 11) is 0. The van der Waals surface area contributed by atoms with Gasteiger partial charge in [-0.15, -0.1) is 10.2 Å². The molecule has 0 amide bonds. The lowest BCUT2D eigenvalue weighted by molar-refractivity contribution is 0.0665. The zero-order valence-electron chi connectivity index (χ0n) is 8.99. The summed E-state index contributed by atoms with van der Waals surface area (Å²) >= 11 is 0. The minimum absolute atomic E-state index is 0.225. The van der Waals surface area contributed by atoms with Crippen molar-refractivity contribution in [2.45, 2.75) is 39.3 Å². The zero-order valence-corrected chi connectivity index (χ0v) is 8.99. The molecule has 0 fully saturated rings. The van der Waals surface area contributed by atoms with Crippen molar-refractivity contribution in [2.24, 2.45) is 5.73 Å². The summed E-state index contributed by atoms with van der Waals surface area (Å²) in [6.07, 6.45) is 0.443. The molecule has 0 aliphatic heterocycles. The Morgan fingerprint density at radius 3 is 2.64 bits per heavy atom. The first-order valence-electron chi connectivity index (χ1n) is 4.81. The van der Waals surface area contributed by atoms with Gasteiger partial charge in [-0.3, -0.25) is 0 Å². The van der Waals surface area contributed by atoms with Crippen molar-refractivity contribution in [3.8, 4) is 0 Å². The van der Waals surface area contributed by atoms with Crippen molar-refractivity contribution in [3.05, 3.63) is 11.6 Å². The van der Waals surface area contributed by atoms with Gasteiger partial charge < -0.3 is 15.4 Å². The minimum atomic E-state index is -0.896. The number of aromatic nitrogens is 3. The van der Waals surface area contributed by atoms with Gasteiger partial charge in [0.2, 0.25) is 0 Å². The van der Waals surface area contributed by atoms with E-state index in [0.717, 1.165) is 18.2 Å². The molecule has 1 rings (SSSR count). The Hall–Kier alpha value is -0.940. The molecule has 0 aliphatic rings. The zero-order chi connectivity index (χ0) is 10.8. The van der Waals surface area contributed by atoms with E-state index >= 15 is 0 Å². The van der Waals surface area contributed by atoms with E-state index in [9.17, 15) is 5.11 Å². The van der Waals surface area contributed by atoms with E-state index in [1.54, 1.807) is 6.92 Å². The van der Waals surface area contributed by atoms with Crippen molar-refractivity contribution < 1.29 is 5.11 Å². The second-order valence-corrected chi connectivity index (χ2v) is 3.79. The second kappa shape index (κ2) is 4.06. The van der Waals surface area contributed by atoms with Gasteiger partial charge in [0.05, 0.1) is 5.60 Å². The molecule has 3 N–H and O–H groups in total. The van der Waals surface area contributed by atoms with E-state index in [4.69, 9.17) is 5.73 Å².